The number of carbonyl (C=O) groups is 2. The minimum absolute atomic E-state index is 0.122. The van der Waals surface area contributed by atoms with Crippen molar-refractivity contribution in [1.29, 1.82) is 5.26 Å². The van der Waals surface area contributed by atoms with E-state index in [0.29, 0.717) is 42.1 Å². The summed E-state index contributed by atoms with van der Waals surface area (Å²) in [5.41, 5.74) is 1.80. The molecule has 1 unspecified atom stereocenters. The Labute approximate surface area is 166 Å². The van der Waals surface area contributed by atoms with Crippen LogP contribution in [0.15, 0.2) is 53.4 Å². The number of hydrogen-bond acceptors (Lipinski definition) is 5. The lowest BCUT2D eigenvalue weighted by Gasteiger charge is -2.47. The van der Waals surface area contributed by atoms with E-state index in [0.717, 1.165) is 5.56 Å². The van der Waals surface area contributed by atoms with Gasteiger partial charge in [-0.3, -0.25) is 9.59 Å². The molecule has 0 N–H and O–H groups in total. The molecule has 0 aliphatic carbocycles. The molecule has 3 aromatic rings. The van der Waals surface area contributed by atoms with Crippen LogP contribution < -0.4 is 0 Å². The van der Waals surface area contributed by atoms with Crippen LogP contribution in [-0.4, -0.2) is 44.4 Å². The van der Waals surface area contributed by atoms with E-state index in [-0.39, 0.29) is 11.8 Å². The zero-order valence-electron chi connectivity index (χ0n) is 15.7. The van der Waals surface area contributed by atoms with E-state index >= 15 is 0 Å². The van der Waals surface area contributed by atoms with Crippen LogP contribution in [0.5, 0.6) is 0 Å². The van der Waals surface area contributed by atoms with E-state index < -0.39 is 5.66 Å². The highest BCUT2D eigenvalue weighted by atomic mass is 16.5. The van der Waals surface area contributed by atoms with E-state index in [1.807, 2.05) is 29.0 Å². The molecule has 5 rings (SSSR count). The molecule has 2 aromatic heterocycles. The number of nitrogens with zero attached hydrogens (tertiary/aromatic N) is 5. The third-order valence-electron chi connectivity index (χ3n) is 5.83. The molecule has 0 saturated carbocycles. The molecular weight excluding hydrogens is 370 g/mol. The van der Waals surface area contributed by atoms with Gasteiger partial charge in [0.05, 0.1) is 23.9 Å². The topological polar surface area (TPSA) is 95.4 Å². The van der Waals surface area contributed by atoms with E-state index in [1.165, 1.54) is 6.26 Å². The van der Waals surface area contributed by atoms with Gasteiger partial charge in [0.2, 0.25) is 0 Å². The second-order valence-electron chi connectivity index (χ2n) is 7.25. The summed E-state index contributed by atoms with van der Waals surface area (Å²) in [6.07, 6.45) is 3.19. The number of nitriles is 1. The fraction of sp³-hybridized carbons (Fsp3) is 0.238. The van der Waals surface area contributed by atoms with Crippen molar-refractivity contribution < 1.29 is 14.1 Å². The van der Waals surface area contributed by atoms with E-state index in [2.05, 4.69) is 11.2 Å². The van der Waals surface area contributed by atoms with Gasteiger partial charge in [0.15, 0.2) is 5.66 Å². The fourth-order valence-corrected chi connectivity index (χ4v) is 4.41. The normalized spacial score (nSPS) is 20.3. The van der Waals surface area contributed by atoms with Crippen LogP contribution in [0.25, 0.3) is 0 Å². The maximum atomic E-state index is 13.5. The lowest BCUT2D eigenvalue weighted by molar-refractivity contribution is -0.00597. The third-order valence-corrected chi connectivity index (χ3v) is 5.83. The van der Waals surface area contributed by atoms with Gasteiger partial charge in [0, 0.05) is 24.8 Å². The minimum atomic E-state index is -0.988. The van der Waals surface area contributed by atoms with Gasteiger partial charge in [0.25, 0.3) is 11.8 Å². The van der Waals surface area contributed by atoms with Gasteiger partial charge in [0.1, 0.15) is 17.5 Å². The van der Waals surface area contributed by atoms with Crippen molar-refractivity contribution in [2.45, 2.75) is 19.1 Å². The van der Waals surface area contributed by atoms with Crippen molar-refractivity contribution in [3.05, 3.63) is 76.9 Å². The smallest absolute Gasteiger partial charge is 0.272 e. The van der Waals surface area contributed by atoms with Crippen LogP contribution in [-0.2, 0) is 12.2 Å². The molecule has 1 atom stereocenters. The lowest BCUT2D eigenvalue weighted by Crippen LogP contribution is -2.60. The highest BCUT2D eigenvalue weighted by Gasteiger charge is 2.56. The number of aryl methyl sites for hydroxylation is 1. The minimum Gasteiger partial charge on any atom is -0.364 e. The van der Waals surface area contributed by atoms with Gasteiger partial charge in [-0.25, -0.2) is 0 Å². The van der Waals surface area contributed by atoms with Crippen LogP contribution >= 0.6 is 0 Å². The molecule has 0 bridgehead atoms. The summed E-state index contributed by atoms with van der Waals surface area (Å²) >= 11 is 0. The van der Waals surface area contributed by atoms with Crippen molar-refractivity contribution in [3.8, 4) is 6.07 Å². The second-order valence-corrected chi connectivity index (χ2v) is 7.25. The predicted octanol–water partition coefficient (Wildman–Crippen LogP) is 2.12. The Morgan fingerprint density at radius 1 is 1.24 bits per heavy atom. The van der Waals surface area contributed by atoms with Gasteiger partial charge in [-0.1, -0.05) is 17.3 Å². The standard InChI is InChI=1S/C21H17N5O3/c1-14-17(12-29-23-14)19(27)25-9-10-26-20(28)18-3-2-8-24(18)13-21(25,26)16-6-4-15(11-22)5-7-16/h2-8,12H,9-10,13H2,1H3. The highest BCUT2D eigenvalue weighted by molar-refractivity contribution is 5.98. The molecule has 2 amide bonds. The summed E-state index contributed by atoms with van der Waals surface area (Å²) in [7, 11) is 0. The predicted molar refractivity (Wildman–Crippen MR) is 101 cm³/mol. The van der Waals surface area contributed by atoms with Crippen molar-refractivity contribution in [2.24, 2.45) is 0 Å². The van der Waals surface area contributed by atoms with Crippen molar-refractivity contribution in [1.82, 2.24) is 19.5 Å². The molecule has 8 heteroatoms. The Balaban J connectivity index is 1.70. The molecule has 1 aromatic carbocycles. The Morgan fingerprint density at radius 2 is 2.03 bits per heavy atom. The molecule has 144 valence electrons. The van der Waals surface area contributed by atoms with E-state index in [1.54, 1.807) is 34.9 Å². The summed E-state index contributed by atoms with van der Waals surface area (Å²) in [4.78, 5) is 30.2. The van der Waals surface area contributed by atoms with E-state index in [4.69, 9.17) is 9.78 Å². The molecule has 8 nitrogen and oxygen atoms in total. The van der Waals surface area contributed by atoms with Crippen LogP contribution in [0.4, 0.5) is 0 Å². The van der Waals surface area contributed by atoms with Gasteiger partial charge in [-0.05, 0) is 31.2 Å². The first-order chi connectivity index (χ1) is 14.1. The highest BCUT2D eigenvalue weighted by Crippen LogP contribution is 2.43. The number of fused-ring (bicyclic) bond motifs is 2. The maximum Gasteiger partial charge on any atom is 0.272 e. The molecular formula is C21H17N5O3. The Bertz CT molecular complexity index is 1170. The average Bonchev–Trinajstić information content (AvgIpc) is 3.46. The van der Waals surface area contributed by atoms with Gasteiger partial charge in [-0.2, -0.15) is 5.26 Å². The molecule has 2 aliphatic heterocycles. The van der Waals surface area contributed by atoms with Crippen LogP contribution in [0.3, 0.4) is 0 Å². The lowest BCUT2D eigenvalue weighted by atomic mass is 9.93. The van der Waals surface area contributed by atoms with Crippen LogP contribution in [0.2, 0.25) is 0 Å². The molecule has 1 saturated heterocycles. The average molecular weight is 387 g/mol. The van der Waals surface area contributed by atoms with Crippen molar-refractivity contribution >= 4 is 11.8 Å². The quantitative estimate of drug-likeness (QED) is 0.671. The zero-order valence-corrected chi connectivity index (χ0v) is 15.7. The first-order valence-corrected chi connectivity index (χ1v) is 9.27. The largest absolute Gasteiger partial charge is 0.364 e. The monoisotopic (exact) mass is 387 g/mol. The summed E-state index contributed by atoms with van der Waals surface area (Å²) in [5.74, 6) is -0.359. The number of hydrogen-bond donors (Lipinski definition) is 0. The third kappa shape index (κ3) is 2.27. The zero-order chi connectivity index (χ0) is 20.2. The number of benzene rings is 1. The van der Waals surface area contributed by atoms with Crippen LogP contribution in [0, 0.1) is 18.3 Å². The summed E-state index contributed by atoms with van der Waals surface area (Å²) in [6, 6.07) is 12.8. The van der Waals surface area contributed by atoms with Gasteiger partial charge in [-0.15, -0.1) is 0 Å². The second kappa shape index (κ2) is 6.07. The summed E-state index contributed by atoms with van der Waals surface area (Å²) in [6.45, 7) is 2.93. The first-order valence-electron chi connectivity index (χ1n) is 9.27. The van der Waals surface area contributed by atoms with Crippen molar-refractivity contribution in [3.63, 3.8) is 0 Å². The molecule has 0 spiro atoms. The van der Waals surface area contributed by atoms with Crippen LogP contribution in [0.1, 0.15) is 37.7 Å². The summed E-state index contributed by atoms with van der Waals surface area (Å²) in [5, 5.41) is 13.0. The maximum absolute atomic E-state index is 13.5. The number of aromatic nitrogens is 2. The summed E-state index contributed by atoms with van der Waals surface area (Å²) < 4.78 is 6.85. The molecule has 1 fully saturated rings. The number of rotatable bonds is 2. The molecule has 29 heavy (non-hydrogen) atoms. The molecule has 2 aliphatic rings. The Morgan fingerprint density at radius 3 is 2.72 bits per heavy atom. The number of amides is 2. The van der Waals surface area contributed by atoms with E-state index in [9.17, 15) is 9.59 Å². The SMILES string of the molecule is Cc1nocc1C(=O)N1CCN2C(=O)c3cccn3CC12c1ccc(C#N)cc1. The van der Waals surface area contributed by atoms with Gasteiger partial charge >= 0.3 is 0 Å². The first kappa shape index (κ1) is 17.3. The fourth-order valence-electron chi connectivity index (χ4n) is 4.41. The molecule has 0 radical (unpaired) electrons. The van der Waals surface area contributed by atoms with Crippen molar-refractivity contribution in [2.75, 3.05) is 13.1 Å². The Kier molecular flexibility index (Phi) is 3.61. The molecule has 4 heterocycles. The Hall–Kier alpha value is -3.86. The number of carbonyl (C=O) groups excluding carboxylic acids is 2. The van der Waals surface area contributed by atoms with Gasteiger partial charge < -0.3 is 18.9 Å².